The Kier molecular flexibility index (Phi) is 7.09. The number of halogens is 8. The summed E-state index contributed by atoms with van der Waals surface area (Å²) in [5.74, 6) is -13.8. The lowest BCUT2D eigenvalue weighted by atomic mass is 10.1. The van der Waals surface area contributed by atoms with E-state index >= 15 is 0 Å². The molecule has 0 aromatic heterocycles. The van der Waals surface area contributed by atoms with Crippen LogP contribution in [-0.2, 0) is 9.53 Å². The Hall–Kier alpha value is -2.04. The van der Waals surface area contributed by atoms with Crippen LogP contribution in [-0.4, -0.2) is 30.6 Å². The summed E-state index contributed by atoms with van der Waals surface area (Å²) in [6.07, 6.45) is -6.75. The Morgan fingerprint density at radius 1 is 1.26 bits per heavy atom. The summed E-state index contributed by atoms with van der Waals surface area (Å²) in [5, 5.41) is 10.5. The largest absolute Gasteiger partial charge is 0.463 e. The van der Waals surface area contributed by atoms with Crippen LogP contribution in [0.25, 0.3) is 0 Å². The van der Waals surface area contributed by atoms with Crippen LogP contribution in [0.2, 0.25) is 0 Å². The number of ether oxygens (including phenoxy) is 1. The fourth-order valence-electron chi connectivity index (χ4n) is 1.69. The molecule has 0 aliphatic rings. The lowest BCUT2D eigenvalue weighted by molar-refractivity contribution is -0.344. The van der Waals surface area contributed by atoms with Gasteiger partial charge in [-0.15, -0.1) is 0 Å². The Labute approximate surface area is 162 Å². The smallest absolute Gasteiger partial charge is 0.460 e. The standard InChI is InChI=1S/C15H10F7IN2O2/c1-2-27-12(26)6-11(13(16,17)14(18,19)15(20,21)22)25-10-4-3-8(7-24)5-9(10)23/h3-6,25H,2H2,1H3/b11-6+. The Bertz CT molecular complexity index is 785. The molecule has 1 aromatic carbocycles. The van der Waals surface area contributed by atoms with Gasteiger partial charge in [0.1, 0.15) is 0 Å². The van der Waals surface area contributed by atoms with Gasteiger partial charge in [-0.2, -0.15) is 36.0 Å². The Morgan fingerprint density at radius 3 is 2.30 bits per heavy atom. The van der Waals surface area contributed by atoms with Crippen LogP contribution in [0.15, 0.2) is 30.0 Å². The zero-order valence-corrected chi connectivity index (χ0v) is 15.5. The maximum absolute atomic E-state index is 14.1. The quantitative estimate of drug-likeness (QED) is 0.257. The molecular formula is C15H10F7IN2O2. The van der Waals surface area contributed by atoms with Crippen molar-refractivity contribution in [3.8, 4) is 6.07 Å². The van der Waals surface area contributed by atoms with E-state index in [2.05, 4.69) is 4.74 Å². The topological polar surface area (TPSA) is 62.1 Å². The van der Waals surface area contributed by atoms with Crippen molar-refractivity contribution >= 4 is 34.2 Å². The molecule has 0 saturated heterocycles. The number of carbonyl (C=O) groups excluding carboxylic acids is 1. The summed E-state index contributed by atoms with van der Waals surface area (Å²) in [6.45, 7) is 0.961. The SMILES string of the molecule is CCOC(=O)/C=C(/Nc1ccc(C#N)cc1I)C(F)(F)C(F)(F)C(F)(F)F. The predicted octanol–water partition coefficient (Wildman–Crippen LogP) is 4.85. The summed E-state index contributed by atoms with van der Waals surface area (Å²) >= 11 is 1.55. The molecule has 27 heavy (non-hydrogen) atoms. The average molecular weight is 510 g/mol. The first-order valence-corrected chi connectivity index (χ1v) is 8.03. The molecule has 1 rings (SSSR count). The number of nitrogens with one attached hydrogen (secondary N) is 1. The fourth-order valence-corrected chi connectivity index (χ4v) is 2.34. The summed E-state index contributed by atoms with van der Waals surface area (Å²) in [4.78, 5) is 11.4. The molecule has 0 aliphatic carbocycles. The van der Waals surface area contributed by atoms with E-state index in [0.717, 1.165) is 12.1 Å². The Morgan fingerprint density at radius 2 is 1.85 bits per heavy atom. The molecule has 0 amide bonds. The van der Waals surface area contributed by atoms with Gasteiger partial charge in [0.05, 0.1) is 29.6 Å². The van der Waals surface area contributed by atoms with Crippen LogP contribution in [0, 0.1) is 14.9 Å². The zero-order chi connectivity index (χ0) is 21.0. The monoisotopic (exact) mass is 510 g/mol. The number of rotatable bonds is 6. The third kappa shape index (κ3) is 5.02. The number of hydrogen-bond acceptors (Lipinski definition) is 4. The molecular weight excluding hydrogens is 500 g/mol. The third-order valence-electron chi connectivity index (χ3n) is 3.00. The van der Waals surface area contributed by atoms with Crippen LogP contribution in [0.3, 0.4) is 0 Å². The highest BCUT2D eigenvalue weighted by atomic mass is 127. The van der Waals surface area contributed by atoms with Crippen molar-refractivity contribution in [2.24, 2.45) is 0 Å². The van der Waals surface area contributed by atoms with E-state index in [4.69, 9.17) is 5.26 Å². The molecule has 0 unspecified atom stereocenters. The second kappa shape index (κ2) is 8.32. The molecule has 0 spiro atoms. The molecule has 0 saturated carbocycles. The molecule has 0 heterocycles. The van der Waals surface area contributed by atoms with Crippen molar-refractivity contribution in [2.75, 3.05) is 11.9 Å². The van der Waals surface area contributed by atoms with E-state index in [1.54, 1.807) is 34.0 Å². The Balaban J connectivity index is 3.46. The summed E-state index contributed by atoms with van der Waals surface area (Å²) < 4.78 is 96.6. The second-order valence-corrected chi connectivity index (χ2v) is 6.05. The molecule has 0 bridgehead atoms. The van der Waals surface area contributed by atoms with Crippen molar-refractivity contribution < 1.29 is 40.3 Å². The minimum Gasteiger partial charge on any atom is -0.463 e. The van der Waals surface area contributed by atoms with Gasteiger partial charge in [0, 0.05) is 9.65 Å². The number of esters is 1. The molecule has 0 atom stereocenters. The number of nitrogens with zero attached hydrogens (tertiary/aromatic N) is 1. The van der Waals surface area contributed by atoms with E-state index in [0.29, 0.717) is 0 Å². The van der Waals surface area contributed by atoms with Crippen LogP contribution < -0.4 is 5.32 Å². The lowest BCUT2D eigenvalue weighted by Crippen LogP contribution is -2.54. The summed E-state index contributed by atoms with van der Waals surface area (Å²) in [6, 6.07) is 5.04. The van der Waals surface area contributed by atoms with Crippen LogP contribution >= 0.6 is 22.6 Å². The van der Waals surface area contributed by atoms with E-state index in [1.165, 1.54) is 13.0 Å². The van der Waals surface area contributed by atoms with Crippen LogP contribution in [0.4, 0.5) is 36.4 Å². The fraction of sp³-hybridized carbons (Fsp3) is 0.333. The minimum absolute atomic E-state index is 0.0625. The van der Waals surface area contributed by atoms with E-state index in [1.807, 2.05) is 0 Å². The third-order valence-corrected chi connectivity index (χ3v) is 3.90. The van der Waals surface area contributed by atoms with E-state index < -0.39 is 29.7 Å². The number of carbonyl (C=O) groups is 1. The van der Waals surface area contributed by atoms with Crippen molar-refractivity contribution in [3.05, 3.63) is 39.1 Å². The normalized spacial score (nSPS) is 13.1. The lowest BCUT2D eigenvalue weighted by Gasteiger charge is -2.30. The molecule has 148 valence electrons. The van der Waals surface area contributed by atoms with Crippen molar-refractivity contribution in [1.82, 2.24) is 0 Å². The predicted molar refractivity (Wildman–Crippen MR) is 88.2 cm³/mol. The zero-order valence-electron chi connectivity index (χ0n) is 13.3. The maximum Gasteiger partial charge on any atom is 0.460 e. The molecule has 0 aliphatic heterocycles. The van der Waals surface area contributed by atoms with E-state index in [9.17, 15) is 35.5 Å². The maximum atomic E-state index is 14.1. The highest BCUT2D eigenvalue weighted by Gasteiger charge is 2.74. The molecule has 0 radical (unpaired) electrons. The van der Waals surface area contributed by atoms with Gasteiger partial charge in [0.2, 0.25) is 0 Å². The molecule has 1 N–H and O–H groups in total. The summed E-state index contributed by atoms with van der Waals surface area (Å²) in [7, 11) is 0. The summed E-state index contributed by atoms with van der Waals surface area (Å²) in [5.41, 5.74) is -2.23. The number of anilines is 1. The van der Waals surface area contributed by atoms with Crippen LogP contribution in [0.5, 0.6) is 0 Å². The molecule has 1 aromatic rings. The number of alkyl halides is 7. The molecule has 12 heteroatoms. The van der Waals surface area contributed by atoms with Crippen molar-refractivity contribution in [1.29, 1.82) is 5.26 Å². The second-order valence-electron chi connectivity index (χ2n) is 4.89. The first-order valence-electron chi connectivity index (χ1n) is 6.95. The highest BCUT2D eigenvalue weighted by molar-refractivity contribution is 14.1. The van der Waals surface area contributed by atoms with Gasteiger partial charge in [-0.1, -0.05) is 0 Å². The van der Waals surface area contributed by atoms with Crippen molar-refractivity contribution in [2.45, 2.75) is 24.9 Å². The van der Waals surface area contributed by atoms with Gasteiger partial charge in [0.15, 0.2) is 0 Å². The minimum atomic E-state index is -6.58. The number of hydrogen-bond donors (Lipinski definition) is 1. The van der Waals surface area contributed by atoms with E-state index in [-0.39, 0.29) is 27.5 Å². The number of allylic oxidation sites excluding steroid dienone is 1. The van der Waals surface area contributed by atoms with Gasteiger partial charge in [0.25, 0.3) is 0 Å². The molecule has 4 nitrogen and oxygen atoms in total. The van der Waals surface area contributed by atoms with Gasteiger partial charge in [-0.05, 0) is 47.7 Å². The van der Waals surface area contributed by atoms with Gasteiger partial charge >= 0.3 is 24.0 Å². The average Bonchev–Trinajstić information content (AvgIpc) is 2.54. The number of benzene rings is 1. The highest BCUT2D eigenvalue weighted by Crippen LogP contribution is 2.50. The van der Waals surface area contributed by atoms with Crippen LogP contribution in [0.1, 0.15) is 12.5 Å². The first kappa shape index (κ1) is 23.0. The molecule has 0 fully saturated rings. The first-order chi connectivity index (χ1) is 12.3. The number of nitriles is 1. The van der Waals surface area contributed by atoms with Gasteiger partial charge in [-0.3, -0.25) is 0 Å². The van der Waals surface area contributed by atoms with Gasteiger partial charge < -0.3 is 10.1 Å². The van der Waals surface area contributed by atoms with Crippen molar-refractivity contribution in [3.63, 3.8) is 0 Å². The van der Waals surface area contributed by atoms with Gasteiger partial charge in [-0.25, -0.2) is 4.79 Å².